The van der Waals surface area contributed by atoms with Gasteiger partial charge in [0.25, 0.3) is 0 Å². The highest BCUT2D eigenvalue weighted by atomic mass is 19.4. The predicted octanol–water partition coefficient (Wildman–Crippen LogP) is 2.70. The van der Waals surface area contributed by atoms with Gasteiger partial charge in [0.1, 0.15) is 5.56 Å². The van der Waals surface area contributed by atoms with E-state index in [-0.39, 0.29) is 0 Å². The van der Waals surface area contributed by atoms with Gasteiger partial charge in [0, 0.05) is 0 Å². The van der Waals surface area contributed by atoms with E-state index in [1.807, 2.05) is 0 Å². The third kappa shape index (κ3) is 2.54. The first-order valence-electron chi connectivity index (χ1n) is 4.05. The number of H-pyrrole nitrogens is 1. The number of aromatic amines is 1. The fourth-order valence-corrected chi connectivity index (χ4v) is 1.14. The van der Waals surface area contributed by atoms with E-state index in [1.165, 1.54) is 0 Å². The van der Waals surface area contributed by atoms with Crippen LogP contribution in [0.3, 0.4) is 0 Å². The van der Waals surface area contributed by atoms with E-state index >= 15 is 0 Å². The van der Waals surface area contributed by atoms with Crippen LogP contribution in [0.15, 0.2) is 0 Å². The number of carboxylic acids is 1. The molecule has 1 rings (SSSR count). The van der Waals surface area contributed by atoms with Crippen LogP contribution in [0.5, 0.6) is 0 Å². The molecule has 4 nitrogen and oxygen atoms in total. The average Bonchev–Trinajstić information content (AvgIpc) is 2.57. The van der Waals surface area contributed by atoms with E-state index in [2.05, 4.69) is 5.10 Å². The minimum atomic E-state index is -5.61. The van der Waals surface area contributed by atoms with Gasteiger partial charge in [0.2, 0.25) is 6.17 Å². The molecule has 0 saturated carbocycles. The number of carboxylic acid groups (broad SMARTS) is 1. The van der Waals surface area contributed by atoms with Crippen LogP contribution < -0.4 is 0 Å². The second-order valence-electron chi connectivity index (χ2n) is 3.07. The van der Waals surface area contributed by atoms with E-state index in [0.29, 0.717) is 0 Å². The highest BCUT2D eigenvalue weighted by Crippen LogP contribution is 2.42. The summed E-state index contributed by atoms with van der Waals surface area (Å²) in [5.74, 6) is -2.22. The van der Waals surface area contributed by atoms with Gasteiger partial charge >= 0.3 is 18.3 Å². The van der Waals surface area contributed by atoms with Crippen molar-refractivity contribution in [3.63, 3.8) is 0 Å². The average molecular weight is 280 g/mol. The number of nitrogens with one attached hydrogen (secondary N) is 1. The Hall–Kier alpha value is -1.81. The first-order valence-corrected chi connectivity index (χ1v) is 4.05. The zero-order chi connectivity index (χ0) is 14.3. The van der Waals surface area contributed by atoms with Crippen LogP contribution in [0.4, 0.5) is 30.7 Å². The fourth-order valence-electron chi connectivity index (χ4n) is 1.14. The van der Waals surface area contributed by atoms with Gasteiger partial charge in [-0.1, -0.05) is 0 Å². The summed E-state index contributed by atoms with van der Waals surface area (Å²) in [6, 6.07) is 0. The molecule has 0 aliphatic heterocycles. The molecule has 0 radical (unpaired) electrons. The van der Waals surface area contributed by atoms with E-state index in [1.54, 1.807) is 0 Å². The monoisotopic (exact) mass is 280 g/mol. The Morgan fingerprint density at radius 2 is 1.72 bits per heavy atom. The third-order valence-corrected chi connectivity index (χ3v) is 1.82. The molecule has 1 atom stereocenters. The van der Waals surface area contributed by atoms with E-state index in [4.69, 9.17) is 5.11 Å². The summed E-state index contributed by atoms with van der Waals surface area (Å²) in [5.41, 5.74) is -5.98. The lowest BCUT2D eigenvalue weighted by atomic mass is 10.1. The van der Waals surface area contributed by atoms with Gasteiger partial charge in [-0.3, -0.25) is 5.10 Å². The van der Waals surface area contributed by atoms with Crippen LogP contribution in [-0.2, 0) is 6.18 Å². The number of nitrogens with zero attached hydrogens (tertiary/aromatic N) is 1. The van der Waals surface area contributed by atoms with Gasteiger partial charge in [0.05, 0.1) is 5.69 Å². The molecule has 1 aromatic heterocycles. The van der Waals surface area contributed by atoms with Gasteiger partial charge < -0.3 is 5.11 Å². The van der Waals surface area contributed by atoms with Gasteiger partial charge in [-0.05, 0) is 0 Å². The molecule has 0 aliphatic rings. The van der Waals surface area contributed by atoms with Crippen LogP contribution in [-0.4, -0.2) is 27.4 Å². The number of aromatic nitrogens is 2. The number of rotatable bonds is 2. The van der Waals surface area contributed by atoms with Crippen molar-refractivity contribution in [1.82, 2.24) is 10.2 Å². The Kier molecular flexibility index (Phi) is 3.28. The van der Waals surface area contributed by atoms with Crippen LogP contribution in [0.2, 0.25) is 0 Å². The topological polar surface area (TPSA) is 66.0 Å². The van der Waals surface area contributed by atoms with Gasteiger partial charge in [-0.25, -0.2) is 9.18 Å². The molecule has 11 heteroatoms. The van der Waals surface area contributed by atoms with Crippen molar-refractivity contribution in [3.05, 3.63) is 17.0 Å². The zero-order valence-electron chi connectivity index (χ0n) is 8.03. The summed E-state index contributed by atoms with van der Waals surface area (Å²) in [6.07, 6.45) is -15.1. The summed E-state index contributed by atoms with van der Waals surface area (Å²) >= 11 is 0. The Bertz CT molecular complexity index is 461. The maximum absolute atomic E-state index is 12.8. The number of hydrogen-bond acceptors (Lipinski definition) is 2. The predicted molar refractivity (Wildman–Crippen MR) is 40.5 cm³/mol. The summed E-state index contributed by atoms with van der Waals surface area (Å²) in [4.78, 5) is 10.4. The van der Waals surface area contributed by atoms with Crippen LogP contribution in [0.1, 0.15) is 27.9 Å². The number of aromatic carboxylic acids is 1. The molecule has 2 N–H and O–H groups in total. The summed E-state index contributed by atoms with van der Waals surface area (Å²) in [5, 5.41) is 12.0. The van der Waals surface area contributed by atoms with E-state index < -0.39 is 41.4 Å². The molecule has 0 aromatic carbocycles. The van der Waals surface area contributed by atoms with E-state index in [9.17, 15) is 35.5 Å². The minimum absolute atomic E-state index is 1.12. The summed E-state index contributed by atoms with van der Waals surface area (Å²) in [6.45, 7) is 0. The highest BCUT2D eigenvalue weighted by Gasteiger charge is 2.50. The normalized spacial score (nSPS) is 14.6. The lowest BCUT2D eigenvalue weighted by molar-refractivity contribution is -0.187. The van der Waals surface area contributed by atoms with Crippen molar-refractivity contribution in [2.45, 2.75) is 18.5 Å². The molecule has 102 valence electrons. The molecule has 0 spiro atoms. The molecular formula is C7H3F7N2O2. The lowest BCUT2D eigenvalue weighted by Gasteiger charge is -2.14. The number of carbonyl (C=O) groups is 1. The lowest BCUT2D eigenvalue weighted by Crippen LogP contribution is -2.21. The first-order chi connectivity index (χ1) is 7.96. The van der Waals surface area contributed by atoms with Crippen molar-refractivity contribution < 1.29 is 40.6 Å². The molecule has 0 saturated heterocycles. The smallest absolute Gasteiger partial charge is 0.425 e. The van der Waals surface area contributed by atoms with Gasteiger partial charge in [0.15, 0.2) is 5.69 Å². The molecule has 0 amide bonds. The second-order valence-corrected chi connectivity index (χ2v) is 3.07. The third-order valence-electron chi connectivity index (χ3n) is 1.82. The van der Waals surface area contributed by atoms with Crippen molar-refractivity contribution >= 4 is 5.97 Å². The SMILES string of the molecule is O=C(O)c1n[nH]c(C(F)C(F)(F)F)c1C(F)(F)F. The molecule has 0 fully saturated rings. The standard InChI is InChI=1S/C7H3F7N2O2/c8-4(7(12,13)14)2-1(6(9,10)11)3(5(17)18)16-15-2/h4H,(H,15,16)(H,17,18). The van der Waals surface area contributed by atoms with Crippen LogP contribution >= 0.6 is 0 Å². The maximum atomic E-state index is 12.8. The number of alkyl halides is 7. The highest BCUT2D eigenvalue weighted by molar-refractivity contribution is 5.87. The van der Waals surface area contributed by atoms with E-state index in [0.717, 1.165) is 5.10 Å². The first kappa shape index (κ1) is 14.3. The molecule has 18 heavy (non-hydrogen) atoms. The zero-order valence-corrected chi connectivity index (χ0v) is 8.03. The van der Waals surface area contributed by atoms with Crippen LogP contribution in [0.25, 0.3) is 0 Å². The minimum Gasteiger partial charge on any atom is -0.476 e. The molecule has 0 aliphatic carbocycles. The maximum Gasteiger partial charge on any atom is 0.425 e. The van der Waals surface area contributed by atoms with Crippen molar-refractivity contribution in [2.24, 2.45) is 0 Å². The summed E-state index contributed by atoms with van der Waals surface area (Å²) in [7, 11) is 0. The van der Waals surface area contributed by atoms with Crippen molar-refractivity contribution in [1.29, 1.82) is 0 Å². The van der Waals surface area contributed by atoms with Crippen molar-refractivity contribution in [2.75, 3.05) is 0 Å². The van der Waals surface area contributed by atoms with Crippen molar-refractivity contribution in [3.8, 4) is 0 Å². The summed E-state index contributed by atoms with van der Waals surface area (Å²) < 4.78 is 85.9. The Balaban J connectivity index is 3.44. The fraction of sp³-hybridized carbons (Fsp3) is 0.429. The Labute approximate surface area is 93.4 Å². The second kappa shape index (κ2) is 4.14. The quantitative estimate of drug-likeness (QED) is 0.818. The molecular weight excluding hydrogens is 277 g/mol. The largest absolute Gasteiger partial charge is 0.476 e. The molecule has 1 unspecified atom stereocenters. The molecule has 1 aromatic rings. The van der Waals surface area contributed by atoms with Gasteiger partial charge in [-0.15, -0.1) is 0 Å². The Morgan fingerprint density at radius 3 is 2.06 bits per heavy atom. The van der Waals surface area contributed by atoms with Gasteiger partial charge in [-0.2, -0.15) is 31.4 Å². The molecule has 1 heterocycles. The number of hydrogen-bond donors (Lipinski definition) is 2. The Morgan fingerprint density at radius 1 is 1.22 bits per heavy atom. The molecule has 0 bridgehead atoms. The number of halogens is 7. The van der Waals surface area contributed by atoms with Crippen LogP contribution in [0, 0.1) is 0 Å².